The summed E-state index contributed by atoms with van der Waals surface area (Å²) in [4.78, 5) is 15.5. The summed E-state index contributed by atoms with van der Waals surface area (Å²) >= 11 is 0. The van der Waals surface area contributed by atoms with Crippen molar-refractivity contribution in [3.8, 4) is 0 Å². The Labute approximate surface area is 106 Å². The molecule has 1 atom stereocenters. The molecule has 1 aromatic heterocycles. The fourth-order valence-corrected chi connectivity index (χ4v) is 1.83. The first-order valence-electron chi connectivity index (χ1n) is 6.05. The van der Waals surface area contributed by atoms with Crippen LogP contribution in [0.1, 0.15) is 24.1 Å². The van der Waals surface area contributed by atoms with E-state index >= 15 is 0 Å². The van der Waals surface area contributed by atoms with Gasteiger partial charge in [0.2, 0.25) is 0 Å². The molecule has 0 aliphatic heterocycles. The van der Waals surface area contributed by atoms with E-state index in [2.05, 4.69) is 24.0 Å². The van der Waals surface area contributed by atoms with Crippen LogP contribution in [0.4, 0.5) is 0 Å². The van der Waals surface area contributed by atoms with Gasteiger partial charge in [-0.1, -0.05) is 31.2 Å². The van der Waals surface area contributed by atoms with Crippen molar-refractivity contribution in [1.29, 1.82) is 0 Å². The average Bonchev–Trinajstić information content (AvgIpc) is 2.41. The topological polar surface area (TPSA) is 60.9 Å². The second-order valence-corrected chi connectivity index (χ2v) is 4.27. The molecule has 2 rings (SSSR count). The molecule has 0 bridgehead atoms. The standard InChI is InChI=1S/C14H17N3O/c1-2-11-3-5-12(6-4-11)13(15)9-17-10-16-8-7-14(17)18/h3-8,10,13H,2,9,15H2,1H3. The lowest BCUT2D eigenvalue weighted by Gasteiger charge is -2.13. The summed E-state index contributed by atoms with van der Waals surface area (Å²) in [5.41, 5.74) is 8.33. The van der Waals surface area contributed by atoms with Crippen molar-refractivity contribution in [2.45, 2.75) is 25.9 Å². The van der Waals surface area contributed by atoms with E-state index in [9.17, 15) is 4.79 Å². The van der Waals surface area contributed by atoms with Crippen molar-refractivity contribution in [2.75, 3.05) is 0 Å². The molecular weight excluding hydrogens is 226 g/mol. The fourth-order valence-electron chi connectivity index (χ4n) is 1.83. The van der Waals surface area contributed by atoms with Gasteiger partial charge in [0.25, 0.3) is 5.56 Å². The van der Waals surface area contributed by atoms with Crippen LogP contribution in [0, 0.1) is 0 Å². The highest BCUT2D eigenvalue weighted by Gasteiger charge is 2.07. The Kier molecular flexibility index (Phi) is 3.89. The Balaban J connectivity index is 2.14. The van der Waals surface area contributed by atoms with Gasteiger partial charge in [0.05, 0.1) is 6.33 Å². The summed E-state index contributed by atoms with van der Waals surface area (Å²) in [6.07, 6.45) is 4.01. The number of hydrogen-bond acceptors (Lipinski definition) is 3. The Morgan fingerprint density at radius 3 is 2.61 bits per heavy atom. The lowest BCUT2D eigenvalue weighted by molar-refractivity contribution is 0.554. The summed E-state index contributed by atoms with van der Waals surface area (Å²) in [6.45, 7) is 2.56. The van der Waals surface area contributed by atoms with Crippen molar-refractivity contribution < 1.29 is 0 Å². The molecule has 4 nitrogen and oxygen atoms in total. The molecule has 0 spiro atoms. The molecule has 4 heteroatoms. The van der Waals surface area contributed by atoms with E-state index in [1.165, 1.54) is 28.7 Å². The minimum absolute atomic E-state index is 0.0781. The molecule has 0 aliphatic carbocycles. The largest absolute Gasteiger partial charge is 0.322 e. The van der Waals surface area contributed by atoms with Gasteiger partial charge in [0.15, 0.2) is 0 Å². The zero-order valence-electron chi connectivity index (χ0n) is 10.4. The lowest BCUT2D eigenvalue weighted by atomic mass is 10.0. The molecule has 2 aromatic rings. The van der Waals surface area contributed by atoms with Crippen LogP contribution < -0.4 is 11.3 Å². The predicted octanol–water partition coefficient (Wildman–Crippen LogP) is 1.51. The first-order valence-corrected chi connectivity index (χ1v) is 6.05. The third-order valence-corrected chi connectivity index (χ3v) is 3.00. The van der Waals surface area contributed by atoms with Gasteiger partial charge in [-0.2, -0.15) is 0 Å². The lowest BCUT2D eigenvalue weighted by Crippen LogP contribution is -2.26. The number of aryl methyl sites for hydroxylation is 1. The summed E-state index contributed by atoms with van der Waals surface area (Å²) in [7, 11) is 0. The van der Waals surface area contributed by atoms with Crippen molar-refractivity contribution in [1.82, 2.24) is 9.55 Å². The molecule has 2 N–H and O–H groups in total. The molecule has 0 aliphatic rings. The molecule has 1 aromatic carbocycles. The van der Waals surface area contributed by atoms with Crippen LogP contribution in [0.2, 0.25) is 0 Å². The molecule has 18 heavy (non-hydrogen) atoms. The molecule has 0 amide bonds. The summed E-state index contributed by atoms with van der Waals surface area (Å²) in [5.74, 6) is 0. The van der Waals surface area contributed by atoms with Crippen molar-refractivity contribution in [2.24, 2.45) is 5.73 Å². The summed E-state index contributed by atoms with van der Waals surface area (Å²) in [6, 6.07) is 9.42. The zero-order chi connectivity index (χ0) is 13.0. The van der Waals surface area contributed by atoms with E-state index in [4.69, 9.17) is 5.73 Å². The van der Waals surface area contributed by atoms with Crippen LogP contribution in [0.3, 0.4) is 0 Å². The van der Waals surface area contributed by atoms with E-state index in [1.807, 2.05) is 12.1 Å². The van der Waals surface area contributed by atoms with Crippen LogP contribution in [0.5, 0.6) is 0 Å². The number of aromatic nitrogens is 2. The monoisotopic (exact) mass is 243 g/mol. The third-order valence-electron chi connectivity index (χ3n) is 3.00. The van der Waals surface area contributed by atoms with Gasteiger partial charge in [-0.15, -0.1) is 0 Å². The molecule has 0 fully saturated rings. The van der Waals surface area contributed by atoms with Crippen LogP contribution in [0.25, 0.3) is 0 Å². The number of rotatable bonds is 4. The maximum Gasteiger partial charge on any atom is 0.253 e. The van der Waals surface area contributed by atoms with Gasteiger partial charge < -0.3 is 5.73 Å². The molecule has 0 saturated heterocycles. The maximum absolute atomic E-state index is 11.6. The molecule has 0 saturated carbocycles. The Morgan fingerprint density at radius 2 is 2.00 bits per heavy atom. The Morgan fingerprint density at radius 1 is 1.28 bits per heavy atom. The molecule has 1 heterocycles. The summed E-state index contributed by atoms with van der Waals surface area (Å²) in [5, 5.41) is 0. The maximum atomic E-state index is 11.6. The first-order chi connectivity index (χ1) is 8.70. The fraction of sp³-hybridized carbons (Fsp3) is 0.286. The molecule has 94 valence electrons. The molecule has 0 radical (unpaired) electrons. The highest BCUT2D eigenvalue weighted by atomic mass is 16.1. The van der Waals surface area contributed by atoms with E-state index in [0.717, 1.165) is 12.0 Å². The smallest absolute Gasteiger partial charge is 0.253 e. The highest BCUT2D eigenvalue weighted by molar-refractivity contribution is 5.24. The number of hydrogen-bond donors (Lipinski definition) is 1. The van der Waals surface area contributed by atoms with Crippen molar-refractivity contribution in [3.05, 3.63) is 64.3 Å². The SMILES string of the molecule is CCc1ccc(C(N)Cn2cnccc2=O)cc1. The van der Waals surface area contributed by atoms with E-state index in [-0.39, 0.29) is 11.6 Å². The molecular formula is C14H17N3O. The van der Waals surface area contributed by atoms with Crippen LogP contribution in [0.15, 0.2) is 47.7 Å². The first kappa shape index (κ1) is 12.5. The van der Waals surface area contributed by atoms with Crippen LogP contribution in [-0.4, -0.2) is 9.55 Å². The normalized spacial score (nSPS) is 12.3. The second kappa shape index (κ2) is 5.60. The second-order valence-electron chi connectivity index (χ2n) is 4.27. The predicted molar refractivity (Wildman–Crippen MR) is 71.2 cm³/mol. The van der Waals surface area contributed by atoms with Gasteiger partial charge in [0, 0.05) is 24.8 Å². The van der Waals surface area contributed by atoms with Gasteiger partial charge >= 0.3 is 0 Å². The average molecular weight is 243 g/mol. The minimum atomic E-state index is -0.196. The Hall–Kier alpha value is -1.94. The van der Waals surface area contributed by atoms with E-state index < -0.39 is 0 Å². The third kappa shape index (κ3) is 2.84. The number of nitrogens with zero attached hydrogens (tertiary/aromatic N) is 2. The van der Waals surface area contributed by atoms with Gasteiger partial charge in [0.1, 0.15) is 0 Å². The quantitative estimate of drug-likeness (QED) is 0.885. The molecule has 1 unspecified atom stereocenters. The van der Waals surface area contributed by atoms with E-state index in [0.29, 0.717) is 6.54 Å². The van der Waals surface area contributed by atoms with E-state index in [1.54, 1.807) is 0 Å². The van der Waals surface area contributed by atoms with Crippen LogP contribution >= 0.6 is 0 Å². The highest BCUT2D eigenvalue weighted by Crippen LogP contribution is 2.13. The van der Waals surface area contributed by atoms with Crippen molar-refractivity contribution >= 4 is 0 Å². The zero-order valence-corrected chi connectivity index (χ0v) is 10.4. The summed E-state index contributed by atoms with van der Waals surface area (Å²) < 4.78 is 1.53. The van der Waals surface area contributed by atoms with Crippen molar-refractivity contribution in [3.63, 3.8) is 0 Å². The minimum Gasteiger partial charge on any atom is -0.322 e. The number of benzene rings is 1. The van der Waals surface area contributed by atoms with Crippen LogP contribution in [-0.2, 0) is 13.0 Å². The Bertz CT molecular complexity index is 560. The van der Waals surface area contributed by atoms with Gasteiger partial charge in [-0.3, -0.25) is 9.36 Å². The van der Waals surface area contributed by atoms with Gasteiger partial charge in [-0.25, -0.2) is 4.98 Å². The van der Waals surface area contributed by atoms with Gasteiger partial charge in [-0.05, 0) is 17.5 Å². The number of nitrogens with two attached hydrogens (primary N) is 1.